The lowest BCUT2D eigenvalue weighted by molar-refractivity contribution is 0.0689. The number of hydrogen-bond donors (Lipinski definition) is 0. The zero-order chi connectivity index (χ0) is 8.91. The van der Waals surface area contributed by atoms with Crippen LogP contribution in [0.5, 0.6) is 0 Å². The summed E-state index contributed by atoms with van der Waals surface area (Å²) in [5.41, 5.74) is 0. The Balaban J connectivity index is 4.00. The summed E-state index contributed by atoms with van der Waals surface area (Å²) < 4.78 is 5.56. The normalized spacial score (nSPS) is 19.4. The Morgan fingerprint density at radius 3 is 2.18 bits per heavy atom. The van der Waals surface area contributed by atoms with Gasteiger partial charge in [-0.1, -0.05) is 32.9 Å². The molecule has 0 radical (unpaired) electrons. The lowest BCUT2D eigenvalue weighted by atomic mass is 10.3. The van der Waals surface area contributed by atoms with Crippen molar-refractivity contribution in [1.29, 1.82) is 0 Å². The Bertz CT molecular complexity index is 99.7. The minimum absolute atomic E-state index is 0.232. The molecule has 1 nitrogen and oxygen atoms in total. The Morgan fingerprint density at radius 2 is 1.91 bits per heavy atom. The molecule has 68 valence electrons. The Labute approximate surface area is 72.7 Å². The monoisotopic (exact) mass is 174 g/mol. The summed E-state index contributed by atoms with van der Waals surface area (Å²) in [6.07, 6.45) is 2.48. The number of methoxy groups -OCH3 is 1. The molecule has 0 saturated heterocycles. The third-order valence-electron chi connectivity index (χ3n) is 2.93. The van der Waals surface area contributed by atoms with Gasteiger partial charge in [-0.2, -0.15) is 0 Å². The van der Waals surface area contributed by atoms with Crippen molar-refractivity contribution >= 4 is 8.80 Å². The van der Waals surface area contributed by atoms with E-state index in [-0.39, 0.29) is 5.22 Å². The molecular formula is C9H22OSi. The molecular weight excluding hydrogens is 152 g/mol. The predicted octanol–water partition coefficient (Wildman–Crippen LogP) is 2.61. The van der Waals surface area contributed by atoms with Gasteiger partial charge in [-0.15, -0.1) is 0 Å². The highest BCUT2D eigenvalue weighted by Gasteiger charge is 2.28. The van der Waals surface area contributed by atoms with Crippen LogP contribution in [0.2, 0.25) is 12.6 Å². The first-order chi connectivity index (χ1) is 5.10. The zero-order valence-electron chi connectivity index (χ0n) is 8.61. The van der Waals surface area contributed by atoms with Gasteiger partial charge in [0.25, 0.3) is 0 Å². The molecule has 0 spiro atoms. The fourth-order valence-corrected chi connectivity index (χ4v) is 4.01. The molecule has 11 heavy (non-hydrogen) atoms. The lowest BCUT2D eigenvalue weighted by Gasteiger charge is -2.32. The fourth-order valence-electron chi connectivity index (χ4n) is 1.43. The van der Waals surface area contributed by atoms with Crippen molar-refractivity contribution < 1.29 is 4.74 Å². The van der Waals surface area contributed by atoms with Gasteiger partial charge in [-0.05, 0) is 13.3 Å². The first-order valence-electron chi connectivity index (χ1n) is 4.65. The second-order valence-electron chi connectivity index (χ2n) is 3.56. The van der Waals surface area contributed by atoms with E-state index in [2.05, 4.69) is 27.3 Å². The number of hydrogen-bond acceptors (Lipinski definition) is 1. The Morgan fingerprint density at radius 1 is 1.36 bits per heavy atom. The quantitative estimate of drug-likeness (QED) is 0.582. The minimum Gasteiger partial charge on any atom is -0.382 e. The van der Waals surface area contributed by atoms with Crippen molar-refractivity contribution in [3.8, 4) is 0 Å². The standard InChI is InChI=1S/C9H22OSi/c1-6-8-11(5)9(3,7-2)10-4/h11H,6-8H2,1-5H3. The third kappa shape index (κ3) is 2.95. The summed E-state index contributed by atoms with van der Waals surface area (Å²) in [6.45, 7) is 9.16. The molecule has 2 atom stereocenters. The van der Waals surface area contributed by atoms with Crippen LogP contribution in [-0.2, 0) is 4.74 Å². The summed E-state index contributed by atoms with van der Waals surface area (Å²) in [4.78, 5) is 0. The maximum Gasteiger partial charge on any atom is 0.0721 e. The molecule has 0 amide bonds. The van der Waals surface area contributed by atoms with Gasteiger partial charge < -0.3 is 4.74 Å². The lowest BCUT2D eigenvalue weighted by Crippen LogP contribution is -2.42. The van der Waals surface area contributed by atoms with Crippen LogP contribution in [0.3, 0.4) is 0 Å². The maximum atomic E-state index is 5.56. The van der Waals surface area contributed by atoms with E-state index < -0.39 is 8.80 Å². The second-order valence-corrected chi connectivity index (χ2v) is 7.16. The van der Waals surface area contributed by atoms with Crippen molar-refractivity contribution in [2.24, 2.45) is 0 Å². The molecule has 2 unspecified atom stereocenters. The van der Waals surface area contributed by atoms with Crippen LogP contribution in [0.25, 0.3) is 0 Å². The third-order valence-corrected chi connectivity index (χ3v) is 7.10. The van der Waals surface area contributed by atoms with E-state index in [0.29, 0.717) is 0 Å². The summed E-state index contributed by atoms with van der Waals surface area (Å²) >= 11 is 0. The predicted molar refractivity (Wildman–Crippen MR) is 53.8 cm³/mol. The minimum atomic E-state index is -0.654. The summed E-state index contributed by atoms with van der Waals surface area (Å²) in [7, 11) is 1.20. The van der Waals surface area contributed by atoms with E-state index in [1.165, 1.54) is 12.5 Å². The molecule has 0 aromatic rings. The molecule has 0 aliphatic rings. The van der Waals surface area contributed by atoms with Gasteiger partial charge in [0.2, 0.25) is 0 Å². The molecule has 0 aromatic carbocycles. The molecule has 0 saturated carbocycles. The van der Waals surface area contributed by atoms with Crippen molar-refractivity contribution in [2.45, 2.75) is 51.4 Å². The zero-order valence-corrected chi connectivity index (χ0v) is 9.76. The van der Waals surface area contributed by atoms with E-state index in [1.807, 2.05) is 7.11 Å². The molecule has 0 aromatic heterocycles. The van der Waals surface area contributed by atoms with Gasteiger partial charge in [0, 0.05) is 7.11 Å². The first kappa shape index (κ1) is 11.2. The SMILES string of the molecule is CCC[SiH](C)C(C)(CC)OC. The molecule has 0 heterocycles. The highest BCUT2D eigenvalue weighted by Crippen LogP contribution is 2.21. The van der Waals surface area contributed by atoms with Gasteiger partial charge in [-0.3, -0.25) is 0 Å². The Kier molecular flexibility index (Phi) is 5.02. The summed E-state index contributed by atoms with van der Waals surface area (Å²) in [5, 5.41) is 0.232. The fraction of sp³-hybridized carbons (Fsp3) is 1.00. The van der Waals surface area contributed by atoms with Crippen molar-refractivity contribution in [3.05, 3.63) is 0 Å². The topological polar surface area (TPSA) is 9.23 Å². The molecule has 0 fully saturated rings. The van der Waals surface area contributed by atoms with E-state index >= 15 is 0 Å². The van der Waals surface area contributed by atoms with Crippen LogP contribution in [0, 0.1) is 0 Å². The maximum absolute atomic E-state index is 5.56. The van der Waals surface area contributed by atoms with Crippen LogP contribution < -0.4 is 0 Å². The highest BCUT2D eigenvalue weighted by atomic mass is 28.3. The van der Waals surface area contributed by atoms with Gasteiger partial charge in [0.15, 0.2) is 0 Å². The van der Waals surface area contributed by atoms with Gasteiger partial charge in [0.05, 0.1) is 14.0 Å². The molecule has 0 aliphatic heterocycles. The van der Waals surface area contributed by atoms with Crippen LogP contribution in [0.1, 0.15) is 33.6 Å². The molecule has 0 N–H and O–H groups in total. The van der Waals surface area contributed by atoms with Crippen molar-refractivity contribution in [1.82, 2.24) is 0 Å². The van der Waals surface area contributed by atoms with Gasteiger partial charge in [-0.25, -0.2) is 0 Å². The van der Waals surface area contributed by atoms with E-state index in [4.69, 9.17) is 4.74 Å². The van der Waals surface area contributed by atoms with Gasteiger partial charge >= 0.3 is 0 Å². The highest BCUT2D eigenvalue weighted by molar-refractivity contribution is 6.60. The average Bonchev–Trinajstić information content (AvgIpc) is 2.03. The number of rotatable bonds is 5. The van der Waals surface area contributed by atoms with Crippen LogP contribution in [0.15, 0.2) is 0 Å². The summed E-state index contributed by atoms with van der Waals surface area (Å²) in [5.74, 6) is 0. The van der Waals surface area contributed by atoms with E-state index in [1.54, 1.807) is 0 Å². The van der Waals surface area contributed by atoms with Crippen LogP contribution >= 0.6 is 0 Å². The smallest absolute Gasteiger partial charge is 0.0721 e. The number of ether oxygens (including phenoxy) is 1. The summed E-state index contributed by atoms with van der Waals surface area (Å²) in [6, 6.07) is 1.40. The van der Waals surface area contributed by atoms with E-state index in [9.17, 15) is 0 Å². The molecule has 0 bridgehead atoms. The van der Waals surface area contributed by atoms with E-state index in [0.717, 1.165) is 6.42 Å². The van der Waals surface area contributed by atoms with Crippen molar-refractivity contribution in [3.63, 3.8) is 0 Å². The van der Waals surface area contributed by atoms with Crippen molar-refractivity contribution in [2.75, 3.05) is 7.11 Å². The molecule has 2 heteroatoms. The average molecular weight is 174 g/mol. The van der Waals surface area contributed by atoms with Crippen LogP contribution in [-0.4, -0.2) is 21.1 Å². The molecule has 0 aliphatic carbocycles. The second kappa shape index (κ2) is 4.94. The first-order valence-corrected chi connectivity index (χ1v) is 7.20. The molecule has 0 rings (SSSR count). The largest absolute Gasteiger partial charge is 0.382 e. The Hall–Kier alpha value is 0.177. The van der Waals surface area contributed by atoms with Gasteiger partial charge in [0.1, 0.15) is 0 Å². The van der Waals surface area contributed by atoms with Crippen LogP contribution in [0.4, 0.5) is 0 Å².